The van der Waals surface area contributed by atoms with Gasteiger partial charge in [-0.1, -0.05) is 36.4 Å². The molecule has 0 aliphatic carbocycles. The number of carbonyl (C=O) groups excluding carboxylic acids is 2. The summed E-state index contributed by atoms with van der Waals surface area (Å²) in [4.78, 5) is 27.4. The predicted molar refractivity (Wildman–Crippen MR) is 137 cm³/mol. The Labute approximate surface area is 204 Å². The van der Waals surface area contributed by atoms with Crippen LogP contribution in [0, 0.1) is 13.8 Å². The third-order valence-electron chi connectivity index (χ3n) is 5.72. The van der Waals surface area contributed by atoms with Gasteiger partial charge in [-0.15, -0.1) is 0 Å². The standard InChI is InChI=1S/C26H37N3O4S/c1-19(2)27-26(31)22(5)28(18-23-11-8-7-9-12-23)25(30)13-10-16-29(34(6,32)33)24-15-14-20(3)21(4)17-24/h7-9,11-12,14-15,17,19,22H,10,13,16,18H2,1-6H3,(H,27,31)/t22-/m1/s1. The van der Waals surface area contributed by atoms with Crippen LogP contribution >= 0.6 is 0 Å². The molecule has 2 amide bonds. The molecule has 186 valence electrons. The van der Waals surface area contributed by atoms with Crippen LogP contribution in [0.4, 0.5) is 5.69 Å². The predicted octanol–water partition coefficient (Wildman–Crippen LogP) is 3.79. The maximum Gasteiger partial charge on any atom is 0.242 e. The van der Waals surface area contributed by atoms with Gasteiger partial charge in [0.25, 0.3) is 0 Å². The molecule has 0 saturated carbocycles. The second kappa shape index (κ2) is 12.0. The molecule has 2 aromatic rings. The number of aryl methyl sites for hydroxylation is 2. The summed E-state index contributed by atoms with van der Waals surface area (Å²) >= 11 is 0. The monoisotopic (exact) mass is 487 g/mol. The van der Waals surface area contributed by atoms with E-state index in [1.165, 1.54) is 10.6 Å². The van der Waals surface area contributed by atoms with E-state index >= 15 is 0 Å². The lowest BCUT2D eigenvalue weighted by Crippen LogP contribution is -2.49. The van der Waals surface area contributed by atoms with Crippen LogP contribution in [-0.4, -0.2) is 50.0 Å². The number of hydrogen-bond acceptors (Lipinski definition) is 4. The van der Waals surface area contributed by atoms with Gasteiger partial charge in [-0.05, 0) is 69.9 Å². The molecule has 8 heteroatoms. The Hall–Kier alpha value is -2.87. The smallest absolute Gasteiger partial charge is 0.242 e. The highest BCUT2D eigenvalue weighted by Gasteiger charge is 2.27. The number of anilines is 1. The highest BCUT2D eigenvalue weighted by molar-refractivity contribution is 7.92. The van der Waals surface area contributed by atoms with E-state index in [-0.39, 0.29) is 30.8 Å². The van der Waals surface area contributed by atoms with E-state index in [1.54, 1.807) is 17.9 Å². The summed E-state index contributed by atoms with van der Waals surface area (Å²) in [6, 6.07) is 14.3. The fraction of sp³-hybridized carbons (Fsp3) is 0.462. The maximum atomic E-state index is 13.2. The zero-order valence-corrected chi connectivity index (χ0v) is 21.9. The second-order valence-corrected chi connectivity index (χ2v) is 11.0. The molecule has 0 radical (unpaired) electrons. The minimum atomic E-state index is -3.51. The minimum absolute atomic E-state index is 0.0371. The molecule has 34 heavy (non-hydrogen) atoms. The molecule has 0 spiro atoms. The molecule has 1 N–H and O–H groups in total. The van der Waals surface area contributed by atoms with Gasteiger partial charge in [0.1, 0.15) is 6.04 Å². The van der Waals surface area contributed by atoms with Gasteiger partial charge in [0.2, 0.25) is 21.8 Å². The van der Waals surface area contributed by atoms with Crippen molar-refractivity contribution in [2.24, 2.45) is 0 Å². The van der Waals surface area contributed by atoms with E-state index in [4.69, 9.17) is 0 Å². The van der Waals surface area contributed by atoms with Crippen molar-refractivity contribution >= 4 is 27.5 Å². The van der Waals surface area contributed by atoms with Crippen LogP contribution in [0.2, 0.25) is 0 Å². The van der Waals surface area contributed by atoms with Crippen molar-refractivity contribution in [1.29, 1.82) is 0 Å². The number of rotatable bonds is 11. The van der Waals surface area contributed by atoms with Crippen LogP contribution in [0.1, 0.15) is 50.3 Å². The first-order valence-electron chi connectivity index (χ1n) is 11.6. The van der Waals surface area contributed by atoms with Crippen LogP contribution in [0.3, 0.4) is 0 Å². The normalized spacial score (nSPS) is 12.3. The molecule has 0 aromatic heterocycles. The summed E-state index contributed by atoms with van der Waals surface area (Å²) in [5.41, 5.74) is 3.59. The number of hydrogen-bond donors (Lipinski definition) is 1. The molecule has 2 aromatic carbocycles. The van der Waals surface area contributed by atoms with Gasteiger partial charge in [0.05, 0.1) is 11.9 Å². The first-order valence-corrected chi connectivity index (χ1v) is 13.4. The second-order valence-electron chi connectivity index (χ2n) is 9.05. The maximum absolute atomic E-state index is 13.2. The number of sulfonamides is 1. The van der Waals surface area contributed by atoms with Crippen molar-refractivity contribution in [1.82, 2.24) is 10.2 Å². The molecule has 2 rings (SSSR count). The van der Waals surface area contributed by atoms with Gasteiger partial charge in [-0.25, -0.2) is 8.42 Å². The first kappa shape index (κ1) is 27.4. The highest BCUT2D eigenvalue weighted by atomic mass is 32.2. The summed E-state index contributed by atoms with van der Waals surface area (Å²) in [6.45, 7) is 9.87. The molecule has 0 saturated heterocycles. The summed E-state index contributed by atoms with van der Waals surface area (Å²) in [6.07, 6.45) is 1.63. The van der Waals surface area contributed by atoms with Gasteiger partial charge in [-0.3, -0.25) is 13.9 Å². The van der Waals surface area contributed by atoms with Crippen LogP contribution < -0.4 is 9.62 Å². The van der Waals surface area contributed by atoms with Crippen molar-refractivity contribution in [3.8, 4) is 0 Å². The lowest BCUT2D eigenvalue weighted by molar-refractivity contribution is -0.140. The molecular weight excluding hydrogens is 450 g/mol. The fourth-order valence-corrected chi connectivity index (χ4v) is 4.61. The summed E-state index contributed by atoms with van der Waals surface area (Å²) in [5.74, 6) is -0.407. The third-order valence-corrected chi connectivity index (χ3v) is 6.92. The van der Waals surface area contributed by atoms with Crippen molar-refractivity contribution in [2.75, 3.05) is 17.1 Å². The Kier molecular flexibility index (Phi) is 9.67. The summed E-state index contributed by atoms with van der Waals surface area (Å²) in [7, 11) is -3.51. The van der Waals surface area contributed by atoms with Crippen molar-refractivity contribution < 1.29 is 18.0 Å². The molecular formula is C26H37N3O4S. The largest absolute Gasteiger partial charge is 0.352 e. The SMILES string of the molecule is Cc1ccc(N(CCCC(=O)N(Cc2ccccc2)[C@H](C)C(=O)NC(C)C)S(C)(=O)=O)cc1C. The van der Waals surface area contributed by atoms with Crippen molar-refractivity contribution in [3.63, 3.8) is 0 Å². The summed E-state index contributed by atoms with van der Waals surface area (Å²) < 4.78 is 26.2. The van der Waals surface area contributed by atoms with E-state index in [9.17, 15) is 18.0 Å². The molecule has 0 aliphatic rings. The number of benzene rings is 2. The van der Waals surface area contributed by atoms with Crippen LogP contribution in [0.25, 0.3) is 0 Å². The van der Waals surface area contributed by atoms with E-state index in [2.05, 4.69) is 5.32 Å². The van der Waals surface area contributed by atoms with Gasteiger partial charge in [-0.2, -0.15) is 0 Å². The topological polar surface area (TPSA) is 86.8 Å². The lowest BCUT2D eigenvalue weighted by atomic mass is 10.1. The Morgan fingerprint density at radius 3 is 2.18 bits per heavy atom. The zero-order chi connectivity index (χ0) is 25.5. The molecule has 0 heterocycles. The third kappa shape index (κ3) is 7.87. The Bertz CT molecular complexity index is 1080. The molecule has 0 aliphatic heterocycles. The average Bonchev–Trinajstić information content (AvgIpc) is 2.76. The van der Waals surface area contributed by atoms with Gasteiger partial charge < -0.3 is 10.2 Å². The zero-order valence-electron chi connectivity index (χ0n) is 21.0. The Balaban J connectivity index is 2.16. The molecule has 7 nitrogen and oxygen atoms in total. The van der Waals surface area contributed by atoms with Crippen LogP contribution in [-0.2, 0) is 26.2 Å². The molecule has 0 bridgehead atoms. The minimum Gasteiger partial charge on any atom is -0.352 e. The lowest BCUT2D eigenvalue weighted by Gasteiger charge is -2.30. The number of carbonyl (C=O) groups is 2. The van der Waals surface area contributed by atoms with Crippen molar-refractivity contribution in [2.45, 2.75) is 66.1 Å². The van der Waals surface area contributed by atoms with Crippen LogP contribution in [0.5, 0.6) is 0 Å². The van der Waals surface area contributed by atoms with Gasteiger partial charge in [0, 0.05) is 25.6 Å². The summed E-state index contributed by atoms with van der Waals surface area (Å²) in [5, 5.41) is 2.87. The Morgan fingerprint density at radius 2 is 1.62 bits per heavy atom. The quantitative estimate of drug-likeness (QED) is 0.522. The van der Waals surface area contributed by atoms with Gasteiger partial charge in [0.15, 0.2) is 0 Å². The van der Waals surface area contributed by atoms with Crippen molar-refractivity contribution in [3.05, 3.63) is 65.2 Å². The fourth-order valence-electron chi connectivity index (χ4n) is 3.65. The number of amides is 2. The van der Waals surface area contributed by atoms with E-state index < -0.39 is 16.1 Å². The number of nitrogens with zero attached hydrogens (tertiary/aromatic N) is 2. The van der Waals surface area contributed by atoms with E-state index in [1.807, 2.05) is 70.2 Å². The van der Waals surface area contributed by atoms with E-state index in [0.717, 1.165) is 16.7 Å². The Morgan fingerprint density at radius 1 is 0.971 bits per heavy atom. The number of nitrogens with one attached hydrogen (secondary N) is 1. The first-order chi connectivity index (χ1) is 15.9. The average molecular weight is 488 g/mol. The highest BCUT2D eigenvalue weighted by Crippen LogP contribution is 2.22. The van der Waals surface area contributed by atoms with E-state index in [0.29, 0.717) is 18.7 Å². The van der Waals surface area contributed by atoms with Gasteiger partial charge >= 0.3 is 0 Å². The molecule has 1 atom stereocenters. The molecule has 0 unspecified atom stereocenters. The van der Waals surface area contributed by atoms with Crippen LogP contribution in [0.15, 0.2) is 48.5 Å². The molecule has 0 fully saturated rings.